The predicted octanol–water partition coefficient (Wildman–Crippen LogP) is 7.89. The van der Waals surface area contributed by atoms with E-state index in [2.05, 4.69) is 20.9 Å². The highest BCUT2D eigenvalue weighted by atomic mass is 19.4. The van der Waals surface area contributed by atoms with E-state index in [1.165, 1.54) is 6.07 Å². The molecule has 0 saturated heterocycles. The monoisotopic (exact) mass is 538 g/mol. The number of nitrogens with zero attached hydrogens (tertiary/aromatic N) is 1. The van der Waals surface area contributed by atoms with Crippen LogP contribution in [0.3, 0.4) is 0 Å². The Labute approximate surface area is 222 Å². The molecule has 0 saturated carbocycles. The number of carbonyl (C=O) groups excluding carboxylic acids is 2. The molecular weight excluding hydrogens is 512 g/mol. The number of halogens is 4. The number of hydrogen-bond donors (Lipinski definition) is 3. The predicted molar refractivity (Wildman–Crippen MR) is 144 cm³/mol. The molecule has 0 bridgehead atoms. The molecule has 1 aromatic heterocycles. The van der Waals surface area contributed by atoms with E-state index < -0.39 is 29.3 Å². The Hall–Kier alpha value is -4.47. The van der Waals surface area contributed by atoms with Crippen LogP contribution in [-0.2, 0) is 11.6 Å². The molecule has 0 aliphatic rings. The number of rotatable bonds is 4. The van der Waals surface area contributed by atoms with Crippen LogP contribution in [0.2, 0.25) is 0 Å². The Morgan fingerprint density at radius 2 is 1.56 bits per heavy atom. The highest BCUT2D eigenvalue weighted by Crippen LogP contribution is 2.32. The second-order valence-corrected chi connectivity index (χ2v) is 10.1. The zero-order chi connectivity index (χ0) is 28.5. The first-order chi connectivity index (χ1) is 18.2. The molecule has 0 radical (unpaired) electrons. The SMILES string of the molecule is Cc1ccc(NC(=O)Nc2cc(C(F)(F)F)ccc2F)cc1NC(=O)c1cccc2c(C(C)(C)C)nccc12. The normalized spacial score (nSPS) is 11.8. The van der Waals surface area contributed by atoms with Gasteiger partial charge in [-0.25, -0.2) is 9.18 Å². The molecule has 202 valence electrons. The van der Waals surface area contributed by atoms with Gasteiger partial charge < -0.3 is 16.0 Å². The smallest absolute Gasteiger partial charge is 0.322 e. The van der Waals surface area contributed by atoms with E-state index in [-0.39, 0.29) is 17.0 Å². The molecule has 10 heteroatoms. The van der Waals surface area contributed by atoms with Crippen LogP contribution in [0, 0.1) is 12.7 Å². The maximum absolute atomic E-state index is 14.0. The number of hydrogen-bond acceptors (Lipinski definition) is 3. The highest BCUT2D eigenvalue weighted by molar-refractivity contribution is 6.13. The summed E-state index contributed by atoms with van der Waals surface area (Å²) >= 11 is 0. The molecule has 6 nitrogen and oxygen atoms in total. The number of alkyl halides is 3. The molecule has 3 amide bonds. The Bertz CT molecular complexity index is 1580. The maximum atomic E-state index is 14.0. The fourth-order valence-corrected chi connectivity index (χ4v) is 4.11. The van der Waals surface area contributed by atoms with Crippen molar-refractivity contribution in [2.45, 2.75) is 39.3 Å². The number of urea groups is 1. The number of pyridine rings is 1. The van der Waals surface area contributed by atoms with E-state index in [4.69, 9.17) is 0 Å². The fraction of sp³-hybridized carbons (Fsp3) is 0.207. The molecule has 0 unspecified atom stereocenters. The Morgan fingerprint density at radius 1 is 0.821 bits per heavy atom. The summed E-state index contributed by atoms with van der Waals surface area (Å²) in [5.74, 6) is -1.39. The molecule has 4 rings (SSSR count). The van der Waals surface area contributed by atoms with Crippen molar-refractivity contribution in [3.63, 3.8) is 0 Å². The molecule has 3 aromatic carbocycles. The molecule has 4 aromatic rings. The summed E-state index contributed by atoms with van der Waals surface area (Å²) in [7, 11) is 0. The topological polar surface area (TPSA) is 83.1 Å². The fourth-order valence-electron chi connectivity index (χ4n) is 4.11. The Morgan fingerprint density at radius 3 is 2.26 bits per heavy atom. The van der Waals surface area contributed by atoms with Crippen LogP contribution in [-0.4, -0.2) is 16.9 Å². The number of aryl methyl sites for hydroxylation is 1. The third kappa shape index (κ3) is 6.17. The first kappa shape index (κ1) is 27.6. The zero-order valence-electron chi connectivity index (χ0n) is 21.6. The second-order valence-electron chi connectivity index (χ2n) is 10.1. The number of benzene rings is 3. The molecule has 0 aliphatic heterocycles. The number of amides is 3. The van der Waals surface area contributed by atoms with Gasteiger partial charge in [-0.05, 0) is 60.3 Å². The lowest BCUT2D eigenvalue weighted by Gasteiger charge is -2.20. The van der Waals surface area contributed by atoms with Crippen LogP contribution in [0.15, 0.2) is 66.9 Å². The van der Waals surface area contributed by atoms with Crippen molar-refractivity contribution < 1.29 is 27.2 Å². The minimum absolute atomic E-state index is 0.233. The molecule has 3 N–H and O–H groups in total. The van der Waals surface area contributed by atoms with Gasteiger partial charge in [0.05, 0.1) is 16.9 Å². The van der Waals surface area contributed by atoms with Crippen LogP contribution < -0.4 is 16.0 Å². The van der Waals surface area contributed by atoms with Crippen LogP contribution in [0.25, 0.3) is 10.8 Å². The average Bonchev–Trinajstić information content (AvgIpc) is 2.85. The van der Waals surface area contributed by atoms with Crippen molar-refractivity contribution in [3.05, 3.63) is 95.1 Å². The number of fused-ring (bicyclic) bond motifs is 1. The van der Waals surface area contributed by atoms with Crippen LogP contribution in [0.4, 0.5) is 39.4 Å². The summed E-state index contributed by atoms with van der Waals surface area (Å²) in [4.78, 5) is 30.2. The number of carbonyl (C=O) groups is 2. The lowest BCUT2D eigenvalue weighted by molar-refractivity contribution is -0.137. The van der Waals surface area contributed by atoms with Crippen LogP contribution in [0.1, 0.15) is 48.0 Å². The van der Waals surface area contributed by atoms with Gasteiger partial charge in [0.15, 0.2) is 0 Å². The van der Waals surface area contributed by atoms with E-state index in [0.717, 1.165) is 16.5 Å². The van der Waals surface area contributed by atoms with Crippen LogP contribution >= 0.6 is 0 Å². The largest absolute Gasteiger partial charge is 0.416 e. The van der Waals surface area contributed by atoms with Crippen molar-refractivity contribution in [1.29, 1.82) is 0 Å². The zero-order valence-corrected chi connectivity index (χ0v) is 21.6. The summed E-state index contributed by atoms with van der Waals surface area (Å²) in [6, 6.07) is 12.7. The van der Waals surface area contributed by atoms with Crippen molar-refractivity contribution >= 4 is 39.8 Å². The number of anilines is 3. The minimum atomic E-state index is -4.69. The lowest BCUT2D eigenvalue weighted by Crippen LogP contribution is -2.21. The van der Waals surface area contributed by atoms with Gasteiger partial charge in [0.1, 0.15) is 5.82 Å². The van der Waals surface area contributed by atoms with Crippen molar-refractivity contribution in [1.82, 2.24) is 4.98 Å². The summed E-state index contributed by atoms with van der Waals surface area (Å²) in [5, 5.41) is 9.01. The third-order valence-electron chi connectivity index (χ3n) is 6.05. The van der Waals surface area contributed by atoms with Crippen LogP contribution in [0.5, 0.6) is 0 Å². The molecule has 0 aliphatic carbocycles. The van der Waals surface area contributed by atoms with Gasteiger partial charge >= 0.3 is 12.2 Å². The highest BCUT2D eigenvalue weighted by Gasteiger charge is 2.31. The Balaban J connectivity index is 1.55. The molecular formula is C29H26F4N4O2. The van der Waals surface area contributed by atoms with E-state index in [1.807, 2.05) is 26.8 Å². The summed E-state index contributed by atoms with van der Waals surface area (Å²) in [6.07, 6.45) is -3.03. The first-order valence-electron chi connectivity index (χ1n) is 12.0. The molecule has 0 spiro atoms. The summed E-state index contributed by atoms with van der Waals surface area (Å²) in [6.45, 7) is 7.89. The summed E-state index contributed by atoms with van der Waals surface area (Å²) in [5.41, 5.74) is 0.694. The standard InChI is InChI=1S/C29H26F4N4O2/c1-16-8-10-18(35-27(39)37-24-14-17(29(31,32)33)9-11-22(24)30)15-23(16)36-26(38)21-7-5-6-20-19(21)12-13-34-25(20)28(2,3)4/h5-15H,1-4H3,(H,36,38)(H2,35,37,39). The van der Waals surface area contributed by atoms with Gasteiger partial charge in [-0.2, -0.15) is 13.2 Å². The Kier molecular flexibility index (Phi) is 7.32. The van der Waals surface area contributed by atoms with Gasteiger partial charge in [-0.15, -0.1) is 0 Å². The number of nitrogens with one attached hydrogen (secondary N) is 3. The van der Waals surface area contributed by atoms with E-state index in [9.17, 15) is 27.2 Å². The summed E-state index contributed by atoms with van der Waals surface area (Å²) < 4.78 is 52.9. The third-order valence-corrected chi connectivity index (χ3v) is 6.05. The maximum Gasteiger partial charge on any atom is 0.416 e. The minimum Gasteiger partial charge on any atom is -0.322 e. The van der Waals surface area contributed by atoms with Gasteiger partial charge in [0.2, 0.25) is 0 Å². The van der Waals surface area contributed by atoms with E-state index >= 15 is 0 Å². The second kappa shape index (κ2) is 10.4. The first-order valence-corrected chi connectivity index (χ1v) is 12.0. The van der Waals surface area contributed by atoms with Gasteiger partial charge in [-0.3, -0.25) is 9.78 Å². The lowest BCUT2D eigenvalue weighted by atomic mass is 9.87. The van der Waals surface area contributed by atoms with Crippen molar-refractivity contribution in [2.24, 2.45) is 0 Å². The molecule has 0 fully saturated rings. The van der Waals surface area contributed by atoms with Gasteiger partial charge in [-0.1, -0.05) is 39.0 Å². The molecule has 39 heavy (non-hydrogen) atoms. The molecule has 0 atom stereocenters. The molecule has 1 heterocycles. The van der Waals surface area contributed by atoms with Crippen molar-refractivity contribution in [3.8, 4) is 0 Å². The van der Waals surface area contributed by atoms with E-state index in [0.29, 0.717) is 35.0 Å². The van der Waals surface area contributed by atoms with E-state index in [1.54, 1.807) is 43.5 Å². The number of aromatic nitrogens is 1. The quantitative estimate of drug-likeness (QED) is 0.231. The average molecular weight is 539 g/mol. The van der Waals surface area contributed by atoms with Gasteiger partial charge in [0.25, 0.3) is 5.91 Å². The van der Waals surface area contributed by atoms with Crippen molar-refractivity contribution in [2.75, 3.05) is 16.0 Å². The van der Waals surface area contributed by atoms with Gasteiger partial charge in [0, 0.05) is 33.9 Å².